The van der Waals surface area contributed by atoms with Crippen LogP contribution in [0.15, 0.2) is 51.9 Å². The van der Waals surface area contributed by atoms with Gasteiger partial charge in [-0.1, -0.05) is 0 Å². The number of rotatable bonds is 4. The number of hydrogen-bond donors (Lipinski definition) is 2. The Kier molecular flexibility index (Phi) is 4.76. The number of fused-ring (bicyclic) bond motifs is 2. The van der Waals surface area contributed by atoms with Gasteiger partial charge in [0.25, 0.3) is 5.91 Å². The van der Waals surface area contributed by atoms with Crippen molar-refractivity contribution in [1.82, 2.24) is 5.32 Å². The fourth-order valence-electron chi connectivity index (χ4n) is 3.53. The molecular weight excluding hydrogens is 388 g/mol. The van der Waals surface area contributed by atoms with Crippen molar-refractivity contribution in [3.8, 4) is 17.2 Å². The molecule has 3 aromatic rings. The van der Waals surface area contributed by atoms with Gasteiger partial charge in [0, 0.05) is 30.7 Å². The lowest BCUT2D eigenvalue weighted by molar-refractivity contribution is 0.0854. The Bertz CT molecular complexity index is 1180. The van der Waals surface area contributed by atoms with E-state index in [9.17, 15) is 9.90 Å². The Balaban J connectivity index is 1.55. The summed E-state index contributed by atoms with van der Waals surface area (Å²) in [4.78, 5) is 17.5. The van der Waals surface area contributed by atoms with E-state index in [1.165, 1.54) is 6.07 Å². The van der Waals surface area contributed by atoms with Crippen molar-refractivity contribution < 1.29 is 28.5 Å². The molecule has 8 nitrogen and oxygen atoms in total. The van der Waals surface area contributed by atoms with E-state index >= 15 is 0 Å². The summed E-state index contributed by atoms with van der Waals surface area (Å²) in [5, 5.41) is 13.4. The summed E-state index contributed by atoms with van der Waals surface area (Å²) < 4.78 is 22.2. The van der Waals surface area contributed by atoms with Gasteiger partial charge < -0.3 is 29.1 Å². The number of ether oxygens (including phenoxy) is 3. The van der Waals surface area contributed by atoms with E-state index in [1.54, 1.807) is 36.4 Å². The first kappa shape index (κ1) is 18.5. The summed E-state index contributed by atoms with van der Waals surface area (Å²) >= 11 is 0. The molecule has 2 aliphatic heterocycles. The second-order valence-electron chi connectivity index (χ2n) is 7.18. The maximum absolute atomic E-state index is 12.9. The third-order valence-corrected chi connectivity index (χ3v) is 5.08. The van der Waals surface area contributed by atoms with Crippen LogP contribution in [0.4, 0.5) is 5.69 Å². The second-order valence-corrected chi connectivity index (χ2v) is 7.18. The molecule has 5 rings (SSSR count). The molecule has 3 heterocycles. The largest absolute Gasteiger partial charge is 0.508 e. The second kappa shape index (κ2) is 7.72. The number of carbonyl (C=O) groups is 1. The summed E-state index contributed by atoms with van der Waals surface area (Å²) in [6.07, 6.45) is 1.95. The van der Waals surface area contributed by atoms with Gasteiger partial charge in [0.15, 0.2) is 11.5 Å². The molecule has 30 heavy (non-hydrogen) atoms. The van der Waals surface area contributed by atoms with Crippen LogP contribution in [-0.2, 0) is 4.74 Å². The molecule has 1 aromatic heterocycles. The molecule has 1 fully saturated rings. The van der Waals surface area contributed by atoms with E-state index in [0.717, 1.165) is 19.4 Å². The number of phenols is 1. The molecule has 1 saturated heterocycles. The van der Waals surface area contributed by atoms with Gasteiger partial charge in [-0.2, -0.15) is 0 Å². The van der Waals surface area contributed by atoms with Crippen LogP contribution in [0, 0.1) is 0 Å². The van der Waals surface area contributed by atoms with Crippen LogP contribution in [0.3, 0.4) is 0 Å². The first-order valence-corrected chi connectivity index (χ1v) is 9.77. The van der Waals surface area contributed by atoms with Crippen molar-refractivity contribution in [2.24, 2.45) is 4.99 Å². The molecule has 1 atom stereocenters. The normalized spacial score (nSPS) is 18.1. The van der Waals surface area contributed by atoms with E-state index in [1.807, 2.05) is 0 Å². The average molecular weight is 408 g/mol. The topological polar surface area (TPSA) is 103 Å². The monoisotopic (exact) mass is 408 g/mol. The number of nitrogens with zero attached hydrogens (tertiary/aromatic N) is 1. The van der Waals surface area contributed by atoms with Gasteiger partial charge >= 0.3 is 0 Å². The van der Waals surface area contributed by atoms with Crippen LogP contribution in [0.25, 0.3) is 11.0 Å². The Labute approximate surface area is 171 Å². The SMILES string of the molecule is O=C(NC[C@@H]1CCCO1)c1cc2ccc(O)cc2oc1=Nc1ccc2c(c1)OCO2. The third-order valence-electron chi connectivity index (χ3n) is 5.08. The fourth-order valence-corrected chi connectivity index (χ4v) is 3.53. The number of phenolic OH excluding ortho intramolecular Hbond substituents is 1. The number of benzene rings is 2. The van der Waals surface area contributed by atoms with E-state index in [-0.39, 0.29) is 30.1 Å². The molecular formula is C22H20N2O6. The van der Waals surface area contributed by atoms with Crippen LogP contribution in [-0.4, -0.2) is 37.1 Å². The first-order valence-electron chi connectivity index (χ1n) is 9.77. The molecule has 0 radical (unpaired) electrons. The number of nitrogens with one attached hydrogen (secondary N) is 1. The average Bonchev–Trinajstić information content (AvgIpc) is 3.43. The maximum atomic E-state index is 12.9. The van der Waals surface area contributed by atoms with Crippen LogP contribution >= 0.6 is 0 Å². The van der Waals surface area contributed by atoms with Gasteiger partial charge in [-0.15, -0.1) is 0 Å². The maximum Gasteiger partial charge on any atom is 0.256 e. The number of amides is 1. The minimum absolute atomic E-state index is 0.0255. The lowest BCUT2D eigenvalue weighted by atomic mass is 10.1. The molecule has 8 heteroatoms. The Morgan fingerprint density at radius 1 is 1.13 bits per heavy atom. The van der Waals surface area contributed by atoms with Gasteiger partial charge in [0.1, 0.15) is 16.9 Å². The van der Waals surface area contributed by atoms with E-state index < -0.39 is 0 Å². The molecule has 0 saturated carbocycles. The van der Waals surface area contributed by atoms with Gasteiger partial charge in [0.2, 0.25) is 12.3 Å². The summed E-state index contributed by atoms with van der Waals surface area (Å²) in [7, 11) is 0. The molecule has 0 aliphatic carbocycles. The quantitative estimate of drug-likeness (QED) is 0.688. The van der Waals surface area contributed by atoms with E-state index in [4.69, 9.17) is 18.6 Å². The smallest absolute Gasteiger partial charge is 0.256 e. The lowest BCUT2D eigenvalue weighted by Crippen LogP contribution is -2.34. The van der Waals surface area contributed by atoms with Gasteiger partial charge in [0.05, 0.1) is 11.8 Å². The minimum Gasteiger partial charge on any atom is -0.508 e. The van der Waals surface area contributed by atoms with Gasteiger partial charge in [-0.05, 0) is 43.2 Å². The summed E-state index contributed by atoms with van der Waals surface area (Å²) in [5.74, 6) is 0.988. The third kappa shape index (κ3) is 3.69. The zero-order valence-electron chi connectivity index (χ0n) is 16.1. The van der Waals surface area contributed by atoms with E-state index in [0.29, 0.717) is 40.3 Å². The highest BCUT2D eigenvalue weighted by atomic mass is 16.7. The summed E-state index contributed by atoms with van der Waals surface area (Å²) in [6, 6.07) is 11.7. The number of aromatic hydroxyl groups is 1. The van der Waals surface area contributed by atoms with Crippen molar-refractivity contribution in [2.75, 3.05) is 19.9 Å². The van der Waals surface area contributed by atoms with Crippen LogP contribution in [0.1, 0.15) is 23.2 Å². The van der Waals surface area contributed by atoms with Crippen molar-refractivity contribution in [3.05, 3.63) is 53.6 Å². The number of hydrogen-bond acceptors (Lipinski definition) is 7. The highest BCUT2D eigenvalue weighted by molar-refractivity contribution is 5.96. The van der Waals surface area contributed by atoms with Crippen molar-refractivity contribution >= 4 is 22.6 Å². The predicted molar refractivity (Wildman–Crippen MR) is 107 cm³/mol. The molecule has 0 bridgehead atoms. The number of carbonyl (C=O) groups excluding carboxylic acids is 1. The molecule has 0 spiro atoms. The molecule has 0 unspecified atom stereocenters. The minimum atomic E-state index is -0.302. The summed E-state index contributed by atoms with van der Waals surface area (Å²) in [6.45, 7) is 1.31. The van der Waals surface area contributed by atoms with Crippen LogP contribution < -0.4 is 20.3 Å². The zero-order chi connectivity index (χ0) is 20.5. The van der Waals surface area contributed by atoms with Crippen LogP contribution in [0.2, 0.25) is 0 Å². The molecule has 2 aliphatic rings. The Morgan fingerprint density at radius 2 is 2.03 bits per heavy atom. The zero-order valence-corrected chi connectivity index (χ0v) is 16.1. The predicted octanol–water partition coefficient (Wildman–Crippen LogP) is 3.01. The Hall–Kier alpha value is -3.52. The fraction of sp³-hybridized carbons (Fsp3) is 0.273. The molecule has 2 N–H and O–H groups in total. The van der Waals surface area contributed by atoms with Crippen molar-refractivity contribution in [3.63, 3.8) is 0 Å². The first-order chi connectivity index (χ1) is 14.7. The molecule has 2 aromatic carbocycles. The van der Waals surface area contributed by atoms with Gasteiger partial charge in [-0.3, -0.25) is 4.79 Å². The summed E-state index contributed by atoms with van der Waals surface area (Å²) in [5.41, 5.74) is 1.40. The Morgan fingerprint density at radius 3 is 2.90 bits per heavy atom. The van der Waals surface area contributed by atoms with Crippen LogP contribution in [0.5, 0.6) is 17.2 Å². The molecule has 154 valence electrons. The van der Waals surface area contributed by atoms with Crippen molar-refractivity contribution in [2.45, 2.75) is 18.9 Å². The highest BCUT2D eigenvalue weighted by Gasteiger charge is 2.19. The van der Waals surface area contributed by atoms with E-state index in [2.05, 4.69) is 10.3 Å². The highest BCUT2D eigenvalue weighted by Crippen LogP contribution is 2.35. The lowest BCUT2D eigenvalue weighted by Gasteiger charge is -2.11. The standard InChI is InChI=1S/C22H20N2O6/c25-15-5-3-13-8-17(21(26)23-11-16-2-1-7-27-16)22(30-19(13)10-15)24-14-4-6-18-20(9-14)29-12-28-18/h3-6,8-10,16,25H,1-2,7,11-12H2,(H,23,26)/t16-/m0/s1. The van der Waals surface area contributed by atoms with Gasteiger partial charge in [-0.25, -0.2) is 4.99 Å². The molecule has 1 amide bonds. The van der Waals surface area contributed by atoms with Crippen molar-refractivity contribution in [1.29, 1.82) is 0 Å².